The second kappa shape index (κ2) is 7.17. The van der Waals surface area contributed by atoms with Gasteiger partial charge >= 0.3 is 0 Å². The van der Waals surface area contributed by atoms with Gasteiger partial charge in [0.25, 0.3) is 5.91 Å². The standard InChI is InChI=1S/C19H26N4O2/c1-14(2)23-15(3)13-18(20-23)19(24)22-11-9-21(10-12-22)16-5-7-17(25-4)8-6-16/h5-8,13-14H,9-12H2,1-4H3. The summed E-state index contributed by atoms with van der Waals surface area (Å²) in [7, 11) is 1.67. The van der Waals surface area contributed by atoms with Crippen LogP contribution in [0.15, 0.2) is 30.3 Å². The third-order valence-corrected chi connectivity index (χ3v) is 4.64. The van der Waals surface area contributed by atoms with Crippen LogP contribution in [0.3, 0.4) is 0 Å². The third kappa shape index (κ3) is 3.62. The van der Waals surface area contributed by atoms with Crippen molar-refractivity contribution in [3.05, 3.63) is 41.7 Å². The van der Waals surface area contributed by atoms with E-state index in [0.717, 1.165) is 30.2 Å². The summed E-state index contributed by atoms with van der Waals surface area (Å²) >= 11 is 0. The van der Waals surface area contributed by atoms with E-state index in [0.29, 0.717) is 18.8 Å². The van der Waals surface area contributed by atoms with Gasteiger partial charge in [0.1, 0.15) is 5.75 Å². The zero-order valence-corrected chi connectivity index (χ0v) is 15.4. The van der Waals surface area contributed by atoms with Crippen LogP contribution in [0.5, 0.6) is 5.75 Å². The summed E-state index contributed by atoms with van der Waals surface area (Å²) in [4.78, 5) is 16.9. The maximum absolute atomic E-state index is 12.7. The highest BCUT2D eigenvalue weighted by molar-refractivity contribution is 5.92. The first kappa shape index (κ1) is 17.3. The molecule has 6 nitrogen and oxygen atoms in total. The van der Waals surface area contributed by atoms with Gasteiger partial charge < -0.3 is 14.5 Å². The van der Waals surface area contributed by atoms with Gasteiger partial charge in [-0.25, -0.2) is 0 Å². The van der Waals surface area contributed by atoms with Crippen LogP contribution in [0.25, 0.3) is 0 Å². The molecule has 0 bridgehead atoms. The normalized spacial score (nSPS) is 14.9. The first-order valence-corrected chi connectivity index (χ1v) is 8.74. The number of hydrogen-bond acceptors (Lipinski definition) is 4. The Balaban J connectivity index is 1.63. The van der Waals surface area contributed by atoms with Crippen LogP contribution in [0.4, 0.5) is 5.69 Å². The molecule has 0 atom stereocenters. The second-order valence-corrected chi connectivity index (χ2v) is 6.69. The fourth-order valence-corrected chi connectivity index (χ4v) is 3.24. The highest BCUT2D eigenvalue weighted by Gasteiger charge is 2.24. The first-order chi connectivity index (χ1) is 12.0. The van der Waals surface area contributed by atoms with Gasteiger partial charge in [-0.1, -0.05) is 0 Å². The van der Waals surface area contributed by atoms with E-state index < -0.39 is 0 Å². The number of carbonyl (C=O) groups is 1. The van der Waals surface area contributed by atoms with Crippen LogP contribution in [-0.2, 0) is 0 Å². The molecule has 0 radical (unpaired) electrons. The second-order valence-electron chi connectivity index (χ2n) is 6.69. The number of amides is 1. The number of anilines is 1. The number of rotatable bonds is 4. The van der Waals surface area contributed by atoms with E-state index >= 15 is 0 Å². The molecule has 1 fully saturated rings. The Kier molecular flexibility index (Phi) is 4.97. The molecule has 1 amide bonds. The molecule has 1 aliphatic rings. The quantitative estimate of drug-likeness (QED) is 0.857. The van der Waals surface area contributed by atoms with Crippen LogP contribution >= 0.6 is 0 Å². The molecule has 1 aromatic heterocycles. The van der Waals surface area contributed by atoms with Crippen molar-refractivity contribution in [2.45, 2.75) is 26.8 Å². The van der Waals surface area contributed by atoms with Gasteiger partial charge in [0.05, 0.1) is 7.11 Å². The van der Waals surface area contributed by atoms with Crippen LogP contribution in [-0.4, -0.2) is 53.9 Å². The lowest BCUT2D eigenvalue weighted by Gasteiger charge is -2.35. The number of methoxy groups -OCH3 is 1. The zero-order chi connectivity index (χ0) is 18.0. The number of piperazine rings is 1. The Morgan fingerprint density at radius 1 is 1.12 bits per heavy atom. The lowest BCUT2D eigenvalue weighted by Crippen LogP contribution is -2.48. The summed E-state index contributed by atoms with van der Waals surface area (Å²) < 4.78 is 7.11. The number of aromatic nitrogens is 2. The molecule has 2 aromatic rings. The average molecular weight is 342 g/mol. The summed E-state index contributed by atoms with van der Waals surface area (Å²) in [5.41, 5.74) is 2.73. The smallest absolute Gasteiger partial charge is 0.274 e. The van der Waals surface area contributed by atoms with Crippen molar-refractivity contribution < 1.29 is 9.53 Å². The number of benzene rings is 1. The lowest BCUT2D eigenvalue weighted by atomic mass is 10.2. The molecule has 0 spiro atoms. The van der Waals surface area contributed by atoms with Crippen LogP contribution < -0.4 is 9.64 Å². The Bertz CT molecular complexity index is 728. The molecule has 1 saturated heterocycles. The zero-order valence-electron chi connectivity index (χ0n) is 15.4. The predicted molar refractivity (Wildman–Crippen MR) is 98.5 cm³/mol. The van der Waals surface area contributed by atoms with Crippen molar-refractivity contribution in [2.24, 2.45) is 0 Å². The molecule has 0 unspecified atom stereocenters. The fraction of sp³-hybridized carbons (Fsp3) is 0.474. The van der Waals surface area contributed by atoms with Gasteiger partial charge in [0.15, 0.2) is 5.69 Å². The summed E-state index contributed by atoms with van der Waals surface area (Å²) in [6.45, 7) is 9.19. The minimum Gasteiger partial charge on any atom is -0.497 e. The van der Waals surface area contributed by atoms with E-state index in [4.69, 9.17) is 4.74 Å². The van der Waals surface area contributed by atoms with Crippen LogP contribution in [0.1, 0.15) is 36.1 Å². The number of aryl methyl sites for hydroxylation is 1. The van der Waals surface area contributed by atoms with E-state index in [-0.39, 0.29) is 11.9 Å². The monoisotopic (exact) mass is 342 g/mol. The molecule has 0 aliphatic carbocycles. The van der Waals surface area contributed by atoms with Crippen molar-refractivity contribution in [2.75, 3.05) is 38.2 Å². The molecule has 134 valence electrons. The summed E-state index contributed by atoms with van der Waals surface area (Å²) in [6, 6.07) is 10.2. The van der Waals surface area contributed by atoms with Crippen molar-refractivity contribution in [1.29, 1.82) is 0 Å². The molecule has 25 heavy (non-hydrogen) atoms. The van der Waals surface area contributed by atoms with Crippen molar-refractivity contribution >= 4 is 11.6 Å². The van der Waals surface area contributed by atoms with Gasteiger partial charge in [-0.2, -0.15) is 5.10 Å². The van der Waals surface area contributed by atoms with Crippen molar-refractivity contribution in [3.63, 3.8) is 0 Å². The maximum Gasteiger partial charge on any atom is 0.274 e. The van der Waals surface area contributed by atoms with Gasteiger partial charge in [-0.05, 0) is 51.1 Å². The largest absolute Gasteiger partial charge is 0.497 e. The van der Waals surface area contributed by atoms with Gasteiger partial charge in [0, 0.05) is 43.6 Å². The summed E-state index contributed by atoms with van der Waals surface area (Å²) in [6.07, 6.45) is 0. The molecular weight excluding hydrogens is 316 g/mol. The van der Waals surface area contributed by atoms with E-state index in [2.05, 4.69) is 36.0 Å². The minimum absolute atomic E-state index is 0.0249. The van der Waals surface area contributed by atoms with Crippen molar-refractivity contribution in [3.8, 4) is 5.75 Å². The Morgan fingerprint density at radius 2 is 1.76 bits per heavy atom. The highest BCUT2D eigenvalue weighted by Crippen LogP contribution is 2.21. The molecule has 1 aliphatic heterocycles. The lowest BCUT2D eigenvalue weighted by molar-refractivity contribution is 0.0739. The molecule has 2 heterocycles. The summed E-state index contributed by atoms with van der Waals surface area (Å²) in [5.74, 6) is 0.880. The van der Waals surface area contributed by atoms with Crippen LogP contribution in [0.2, 0.25) is 0 Å². The van der Waals surface area contributed by atoms with Gasteiger partial charge in [-0.3, -0.25) is 9.48 Å². The highest BCUT2D eigenvalue weighted by atomic mass is 16.5. The Labute approximate surface area is 149 Å². The van der Waals surface area contributed by atoms with Crippen LogP contribution in [0, 0.1) is 6.92 Å². The topological polar surface area (TPSA) is 50.6 Å². The first-order valence-electron chi connectivity index (χ1n) is 8.74. The molecule has 0 N–H and O–H groups in total. The number of carbonyl (C=O) groups excluding carboxylic acids is 1. The van der Waals surface area contributed by atoms with E-state index in [1.54, 1.807) is 7.11 Å². The molecular formula is C19H26N4O2. The maximum atomic E-state index is 12.7. The van der Waals surface area contributed by atoms with E-state index in [9.17, 15) is 4.79 Å². The number of ether oxygens (including phenoxy) is 1. The number of nitrogens with zero attached hydrogens (tertiary/aromatic N) is 4. The van der Waals surface area contributed by atoms with Gasteiger partial charge in [0.2, 0.25) is 0 Å². The molecule has 6 heteroatoms. The number of hydrogen-bond donors (Lipinski definition) is 0. The third-order valence-electron chi connectivity index (χ3n) is 4.64. The Morgan fingerprint density at radius 3 is 2.28 bits per heavy atom. The summed E-state index contributed by atoms with van der Waals surface area (Å²) in [5, 5.41) is 4.48. The minimum atomic E-state index is 0.0249. The average Bonchev–Trinajstić information content (AvgIpc) is 3.03. The Hall–Kier alpha value is -2.50. The van der Waals surface area contributed by atoms with Gasteiger partial charge in [-0.15, -0.1) is 0 Å². The molecule has 1 aromatic carbocycles. The molecule has 0 saturated carbocycles. The predicted octanol–water partition coefficient (Wildman–Crippen LogP) is 2.74. The fourth-order valence-electron chi connectivity index (χ4n) is 3.24. The molecule has 3 rings (SSSR count). The van der Waals surface area contributed by atoms with Crippen molar-refractivity contribution in [1.82, 2.24) is 14.7 Å². The van der Waals surface area contributed by atoms with E-state index in [1.807, 2.05) is 34.7 Å². The SMILES string of the molecule is COc1ccc(N2CCN(C(=O)c3cc(C)n(C(C)C)n3)CC2)cc1. The van der Waals surface area contributed by atoms with E-state index in [1.165, 1.54) is 0 Å².